The van der Waals surface area contributed by atoms with Crippen LogP contribution in [0.4, 0.5) is 11.4 Å². The van der Waals surface area contributed by atoms with Crippen molar-refractivity contribution in [3.63, 3.8) is 0 Å². The summed E-state index contributed by atoms with van der Waals surface area (Å²) >= 11 is 0. The lowest BCUT2D eigenvalue weighted by molar-refractivity contribution is -0.118. The maximum Gasteiger partial charge on any atom is 0.227 e. The molecule has 1 heterocycles. The topological polar surface area (TPSA) is 70.8 Å². The Hall–Kier alpha value is -1.63. The van der Waals surface area contributed by atoms with Crippen LogP contribution in [0, 0.1) is 5.92 Å². The van der Waals surface area contributed by atoms with Gasteiger partial charge < -0.3 is 20.7 Å². The quantitative estimate of drug-likeness (QED) is 0.747. The molecule has 0 bridgehead atoms. The minimum absolute atomic E-state index is 0.0660. The van der Waals surface area contributed by atoms with E-state index in [0.717, 1.165) is 37.8 Å². The molecule has 1 saturated heterocycles. The first-order valence-corrected chi connectivity index (χ1v) is 9.28. The first-order valence-electron chi connectivity index (χ1n) is 9.28. The number of hydrogen-bond donors (Lipinski definition) is 2. The first kappa shape index (κ1) is 18.2. The number of carbonyl (C=O) groups excluding carboxylic acids is 1. The molecule has 1 aromatic rings. The summed E-state index contributed by atoms with van der Waals surface area (Å²) in [4.78, 5) is 17.1. The van der Waals surface area contributed by atoms with Crippen molar-refractivity contribution in [1.82, 2.24) is 4.90 Å². The highest BCUT2D eigenvalue weighted by molar-refractivity contribution is 5.91. The number of nitrogens with one attached hydrogen (secondary N) is 1. The molecule has 2 fully saturated rings. The Kier molecular flexibility index (Phi) is 6.29. The van der Waals surface area contributed by atoms with Crippen molar-refractivity contribution in [3.8, 4) is 0 Å². The fourth-order valence-corrected chi connectivity index (χ4v) is 3.32. The molecule has 6 nitrogen and oxygen atoms in total. The van der Waals surface area contributed by atoms with E-state index >= 15 is 0 Å². The second kappa shape index (κ2) is 8.65. The Labute approximate surface area is 150 Å². The average Bonchev–Trinajstić information content (AvgIpc) is 3.44. The number of rotatable bonds is 8. The normalized spacial score (nSPS) is 19.7. The van der Waals surface area contributed by atoms with Crippen LogP contribution in [0.1, 0.15) is 19.3 Å². The van der Waals surface area contributed by atoms with E-state index in [9.17, 15) is 4.79 Å². The number of carbonyl (C=O) groups is 1. The van der Waals surface area contributed by atoms with Gasteiger partial charge >= 0.3 is 0 Å². The molecule has 1 aliphatic carbocycles. The van der Waals surface area contributed by atoms with Gasteiger partial charge in [-0.1, -0.05) is 6.07 Å². The van der Waals surface area contributed by atoms with Crippen LogP contribution >= 0.6 is 0 Å². The smallest absolute Gasteiger partial charge is 0.227 e. The maximum absolute atomic E-state index is 12.1. The summed E-state index contributed by atoms with van der Waals surface area (Å²) in [7, 11) is 1.58. The number of methoxy groups -OCH3 is 1. The van der Waals surface area contributed by atoms with Gasteiger partial charge in [-0.05, 0) is 37.0 Å². The van der Waals surface area contributed by atoms with Gasteiger partial charge in [0.1, 0.15) is 0 Å². The van der Waals surface area contributed by atoms with Gasteiger partial charge in [-0.2, -0.15) is 0 Å². The number of piperazine rings is 1. The fourth-order valence-electron chi connectivity index (χ4n) is 3.32. The molecule has 1 amide bonds. The zero-order chi connectivity index (χ0) is 17.6. The zero-order valence-electron chi connectivity index (χ0n) is 15.1. The summed E-state index contributed by atoms with van der Waals surface area (Å²) in [5.74, 6) is 0.887. The van der Waals surface area contributed by atoms with Crippen molar-refractivity contribution in [3.05, 3.63) is 24.3 Å². The van der Waals surface area contributed by atoms with Gasteiger partial charge in [0.2, 0.25) is 5.91 Å². The standard InChI is InChI=1S/C19H30N4O2/c1-25-18(13-20)12-19(24)21-16-3-2-4-17(11-16)23-9-7-22(8-10-23)14-15-5-6-15/h2-4,11,15,18H,5-10,12-14,20H2,1H3,(H,21,24). The van der Waals surface area contributed by atoms with Crippen molar-refractivity contribution in [1.29, 1.82) is 0 Å². The second-order valence-electron chi connectivity index (χ2n) is 7.13. The maximum atomic E-state index is 12.1. The summed E-state index contributed by atoms with van der Waals surface area (Å²) in [5, 5.41) is 2.95. The van der Waals surface area contributed by atoms with Crippen LogP contribution < -0.4 is 16.0 Å². The predicted octanol–water partition coefficient (Wildman–Crippen LogP) is 1.52. The number of hydrogen-bond acceptors (Lipinski definition) is 5. The molecular formula is C19H30N4O2. The lowest BCUT2D eigenvalue weighted by atomic mass is 10.2. The molecule has 2 aliphatic rings. The molecule has 138 valence electrons. The molecule has 25 heavy (non-hydrogen) atoms. The van der Waals surface area contributed by atoms with Crippen LogP contribution in [0.5, 0.6) is 0 Å². The average molecular weight is 346 g/mol. The van der Waals surface area contributed by atoms with Gasteiger partial charge in [-0.3, -0.25) is 9.69 Å². The molecule has 1 aliphatic heterocycles. The van der Waals surface area contributed by atoms with Crippen LogP contribution in [0.3, 0.4) is 0 Å². The Morgan fingerprint density at radius 1 is 1.32 bits per heavy atom. The van der Waals surface area contributed by atoms with Crippen LogP contribution in [-0.4, -0.2) is 63.3 Å². The molecule has 6 heteroatoms. The monoisotopic (exact) mass is 346 g/mol. The fraction of sp³-hybridized carbons (Fsp3) is 0.632. The van der Waals surface area contributed by atoms with Crippen LogP contribution in [-0.2, 0) is 9.53 Å². The number of benzene rings is 1. The summed E-state index contributed by atoms with van der Waals surface area (Å²) in [6.45, 7) is 5.95. The molecule has 1 unspecified atom stereocenters. The third-order valence-corrected chi connectivity index (χ3v) is 5.09. The van der Waals surface area contributed by atoms with Crippen molar-refractivity contribution in [2.24, 2.45) is 11.7 Å². The highest BCUT2D eigenvalue weighted by Gasteiger charge is 2.26. The number of nitrogens with two attached hydrogens (primary N) is 1. The molecule has 1 saturated carbocycles. The van der Waals surface area contributed by atoms with Crippen molar-refractivity contribution >= 4 is 17.3 Å². The Morgan fingerprint density at radius 3 is 2.72 bits per heavy atom. The van der Waals surface area contributed by atoms with Crippen LogP contribution in [0.25, 0.3) is 0 Å². The molecule has 0 spiro atoms. The van der Waals surface area contributed by atoms with E-state index in [1.54, 1.807) is 7.11 Å². The summed E-state index contributed by atoms with van der Waals surface area (Å²) < 4.78 is 5.17. The van der Waals surface area contributed by atoms with E-state index in [0.29, 0.717) is 6.54 Å². The number of nitrogens with zero attached hydrogens (tertiary/aromatic N) is 2. The largest absolute Gasteiger partial charge is 0.380 e. The van der Waals surface area contributed by atoms with Gasteiger partial charge in [-0.25, -0.2) is 0 Å². The lowest BCUT2D eigenvalue weighted by Gasteiger charge is -2.36. The SMILES string of the molecule is COC(CN)CC(=O)Nc1cccc(N2CCN(CC3CC3)CC2)c1. The highest BCUT2D eigenvalue weighted by atomic mass is 16.5. The van der Waals surface area contributed by atoms with Crippen molar-refractivity contribution < 1.29 is 9.53 Å². The molecule has 0 radical (unpaired) electrons. The zero-order valence-corrected chi connectivity index (χ0v) is 15.1. The van der Waals surface area contributed by atoms with Gasteiger partial charge in [0.15, 0.2) is 0 Å². The molecule has 0 aromatic heterocycles. The van der Waals surface area contributed by atoms with E-state index in [4.69, 9.17) is 10.5 Å². The summed E-state index contributed by atoms with van der Waals surface area (Å²) in [6, 6.07) is 8.09. The minimum atomic E-state index is -0.234. The Morgan fingerprint density at radius 2 is 2.08 bits per heavy atom. The molecule has 3 rings (SSSR count). The van der Waals surface area contributed by atoms with Gasteiger partial charge in [0.05, 0.1) is 12.5 Å². The predicted molar refractivity (Wildman–Crippen MR) is 101 cm³/mol. The summed E-state index contributed by atoms with van der Waals surface area (Å²) in [6.07, 6.45) is 2.87. The van der Waals surface area contributed by atoms with Crippen LogP contribution in [0.2, 0.25) is 0 Å². The third-order valence-electron chi connectivity index (χ3n) is 5.09. The number of ether oxygens (including phenoxy) is 1. The highest BCUT2D eigenvalue weighted by Crippen LogP contribution is 2.30. The number of amides is 1. The van der Waals surface area contributed by atoms with E-state index in [1.165, 1.54) is 25.1 Å². The molecular weight excluding hydrogens is 316 g/mol. The Balaban J connectivity index is 1.51. The minimum Gasteiger partial charge on any atom is -0.380 e. The van der Waals surface area contributed by atoms with E-state index in [1.807, 2.05) is 12.1 Å². The lowest BCUT2D eigenvalue weighted by Crippen LogP contribution is -2.47. The number of anilines is 2. The third kappa shape index (κ3) is 5.42. The van der Waals surface area contributed by atoms with Crippen molar-refractivity contribution in [2.75, 3.05) is 56.6 Å². The van der Waals surface area contributed by atoms with Crippen molar-refractivity contribution in [2.45, 2.75) is 25.4 Å². The molecule has 1 aromatic carbocycles. The summed E-state index contributed by atoms with van der Waals surface area (Å²) in [5.41, 5.74) is 7.58. The van der Waals surface area contributed by atoms with E-state index in [2.05, 4.69) is 27.2 Å². The van der Waals surface area contributed by atoms with Gasteiger partial charge in [0.25, 0.3) is 0 Å². The van der Waals surface area contributed by atoms with Gasteiger partial charge in [-0.15, -0.1) is 0 Å². The first-order chi connectivity index (χ1) is 12.2. The van der Waals surface area contributed by atoms with E-state index < -0.39 is 0 Å². The van der Waals surface area contributed by atoms with Gasteiger partial charge in [0, 0.05) is 57.8 Å². The molecule has 1 atom stereocenters. The second-order valence-corrected chi connectivity index (χ2v) is 7.13. The van der Waals surface area contributed by atoms with Crippen LogP contribution in [0.15, 0.2) is 24.3 Å². The molecule has 3 N–H and O–H groups in total. The Bertz CT molecular complexity index is 564. The van der Waals surface area contributed by atoms with E-state index in [-0.39, 0.29) is 18.4 Å².